The molecule has 0 aliphatic carbocycles. The van der Waals surface area contributed by atoms with Crippen LogP contribution in [0.2, 0.25) is 0 Å². The fourth-order valence-corrected chi connectivity index (χ4v) is 1.58. The SMILES string of the molecule is C=CCOc1cccnc1C(=O)NCC(O)C(C)CC. The number of nitrogens with one attached hydrogen (secondary N) is 1. The van der Waals surface area contributed by atoms with E-state index in [0.29, 0.717) is 12.4 Å². The number of carbonyl (C=O) groups excluding carboxylic acids is 1. The van der Waals surface area contributed by atoms with Crippen molar-refractivity contribution in [3.63, 3.8) is 0 Å². The van der Waals surface area contributed by atoms with Gasteiger partial charge >= 0.3 is 0 Å². The van der Waals surface area contributed by atoms with Gasteiger partial charge < -0.3 is 15.2 Å². The first-order chi connectivity index (χ1) is 9.60. The Morgan fingerprint density at radius 3 is 3.05 bits per heavy atom. The first-order valence-corrected chi connectivity index (χ1v) is 6.75. The molecule has 0 aliphatic rings. The predicted molar refractivity (Wildman–Crippen MR) is 77.7 cm³/mol. The van der Waals surface area contributed by atoms with Gasteiger partial charge in [-0.1, -0.05) is 32.9 Å². The molecule has 0 saturated carbocycles. The highest BCUT2D eigenvalue weighted by Gasteiger charge is 2.17. The fourth-order valence-electron chi connectivity index (χ4n) is 1.58. The summed E-state index contributed by atoms with van der Waals surface area (Å²) in [6.07, 6.45) is 3.42. The highest BCUT2D eigenvalue weighted by Crippen LogP contribution is 2.15. The van der Waals surface area contributed by atoms with Crippen LogP contribution in [0.1, 0.15) is 30.8 Å². The maximum atomic E-state index is 12.1. The number of nitrogens with zero attached hydrogens (tertiary/aromatic N) is 1. The van der Waals surface area contributed by atoms with E-state index in [-0.39, 0.29) is 24.1 Å². The molecule has 2 unspecified atom stereocenters. The summed E-state index contributed by atoms with van der Waals surface area (Å²) in [4.78, 5) is 16.1. The van der Waals surface area contributed by atoms with Gasteiger partial charge in [0.05, 0.1) is 6.10 Å². The highest BCUT2D eigenvalue weighted by atomic mass is 16.5. The average molecular weight is 278 g/mol. The van der Waals surface area contributed by atoms with Gasteiger partial charge in [0.2, 0.25) is 0 Å². The summed E-state index contributed by atoms with van der Waals surface area (Å²) in [7, 11) is 0. The summed E-state index contributed by atoms with van der Waals surface area (Å²) in [5.74, 6) is 0.186. The first-order valence-electron chi connectivity index (χ1n) is 6.75. The molecule has 1 heterocycles. The van der Waals surface area contributed by atoms with Crippen molar-refractivity contribution in [2.75, 3.05) is 13.2 Å². The number of aliphatic hydroxyl groups is 1. The van der Waals surface area contributed by atoms with Gasteiger partial charge in [0.15, 0.2) is 11.4 Å². The molecule has 0 aliphatic heterocycles. The maximum absolute atomic E-state index is 12.1. The smallest absolute Gasteiger partial charge is 0.273 e. The number of carbonyl (C=O) groups is 1. The standard InChI is InChI=1S/C15H22N2O3/c1-4-9-20-13-7-6-8-16-14(13)15(19)17-10-12(18)11(3)5-2/h4,6-8,11-12,18H,1,5,9-10H2,2-3H3,(H,17,19). The largest absolute Gasteiger partial charge is 0.487 e. The second-order valence-electron chi connectivity index (χ2n) is 4.61. The van der Waals surface area contributed by atoms with Crippen LogP contribution in [0.5, 0.6) is 5.75 Å². The number of pyridine rings is 1. The Morgan fingerprint density at radius 1 is 1.65 bits per heavy atom. The van der Waals surface area contributed by atoms with Crippen molar-refractivity contribution in [2.45, 2.75) is 26.4 Å². The lowest BCUT2D eigenvalue weighted by Gasteiger charge is -2.17. The van der Waals surface area contributed by atoms with E-state index in [4.69, 9.17) is 4.74 Å². The van der Waals surface area contributed by atoms with Crippen molar-refractivity contribution in [3.05, 3.63) is 36.7 Å². The minimum absolute atomic E-state index is 0.135. The van der Waals surface area contributed by atoms with E-state index in [9.17, 15) is 9.90 Å². The molecule has 20 heavy (non-hydrogen) atoms. The maximum Gasteiger partial charge on any atom is 0.273 e. The molecule has 0 radical (unpaired) electrons. The number of hydrogen-bond acceptors (Lipinski definition) is 4. The van der Waals surface area contributed by atoms with Gasteiger partial charge in [-0.05, 0) is 18.1 Å². The van der Waals surface area contributed by atoms with Crippen LogP contribution in [0.15, 0.2) is 31.0 Å². The second kappa shape index (κ2) is 8.32. The van der Waals surface area contributed by atoms with Gasteiger partial charge in [-0.3, -0.25) is 4.79 Å². The van der Waals surface area contributed by atoms with Crippen molar-refractivity contribution in [3.8, 4) is 5.75 Å². The van der Waals surface area contributed by atoms with Crippen LogP contribution < -0.4 is 10.1 Å². The van der Waals surface area contributed by atoms with Gasteiger partial charge in [0.1, 0.15) is 6.61 Å². The van der Waals surface area contributed by atoms with Crippen molar-refractivity contribution in [2.24, 2.45) is 5.92 Å². The van der Waals surface area contributed by atoms with E-state index in [1.165, 1.54) is 6.20 Å². The van der Waals surface area contributed by atoms with Crippen molar-refractivity contribution in [1.82, 2.24) is 10.3 Å². The van der Waals surface area contributed by atoms with Crippen molar-refractivity contribution >= 4 is 5.91 Å². The molecule has 1 aromatic rings. The van der Waals surface area contributed by atoms with Crippen molar-refractivity contribution in [1.29, 1.82) is 0 Å². The molecule has 2 N–H and O–H groups in total. The zero-order chi connectivity index (χ0) is 15.0. The minimum atomic E-state index is -0.565. The molecule has 0 spiro atoms. The van der Waals surface area contributed by atoms with Crippen LogP contribution >= 0.6 is 0 Å². The molecule has 1 rings (SSSR count). The third-order valence-corrected chi connectivity index (χ3v) is 3.12. The minimum Gasteiger partial charge on any atom is -0.487 e. The van der Waals surface area contributed by atoms with Gasteiger partial charge in [0.25, 0.3) is 5.91 Å². The Hall–Kier alpha value is -1.88. The normalized spacial score (nSPS) is 13.3. The van der Waals surface area contributed by atoms with Crippen LogP contribution in [0.3, 0.4) is 0 Å². The molecule has 0 bridgehead atoms. The number of ether oxygens (including phenoxy) is 1. The summed E-state index contributed by atoms with van der Waals surface area (Å²) < 4.78 is 5.38. The summed E-state index contributed by atoms with van der Waals surface area (Å²) in [5.41, 5.74) is 0.214. The van der Waals surface area contributed by atoms with Gasteiger partial charge in [-0.2, -0.15) is 0 Å². The van der Waals surface area contributed by atoms with Gasteiger partial charge in [-0.15, -0.1) is 0 Å². The number of aliphatic hydroxyl groups excluding tert-OH is 1. The number of hydrogen-bond donors (Lipinski definition) is 2. The molecular weight excluding hydrogens is 256 g/mol. The Balaban J connectivity index is 2.65. The third kappa shape index (κ3) is 4.66. The Labute approximate surface area is 119 Å². The van der Waals surface area contributed by atoms with Gasteiger partial charge in [0, 0.05) is 12.7 Å². The Kier molecular flexibility index (Phi) is 6.73. The van der Waals surface area contributed by atoms with Crippen molar-refractivity contribution < 1.29 is 14.6 Å². The van der Waals surface area contributed by atoms with E-state index < -0.39 is 6.10 Å². The summed E-state index contributed by atoms with van der Waals surface area (Å²) >= 11 is 0. The summed E-state index contributed by atoms with van der Waals surface area (Å²) in [6, 6.07) is 3.37. The van der Waals surface area contributed by atoms with E-state index in [1.807, 2.05) is 13.8 Å². The average Bonchev–Trinajstić information content (AvgIpc) is 2.49. The van der Waals surface area contributed by atoms with Crippen LogP contribution in [0.4, 0.5) is 0 Å². The Morgan fingerprint density at radius 2 is 2.40 bits per heavy atom. The molecule has 0 fully saturated rings. The number of aromatic nitrogens is 1. The highest BCUT2D eigenvalue weighted by molar-refractivity contribution is 5.94. The van der Waals surface area contributed by atoms with E-state index in [0.717, 1.165) is 6.42 Å². The van der Waals surface area contributed by atoms with Crippen LogP contribution in [-0.2, 0) is 0 Å². The zero-order valence-corrected chi connectivity index (χ0v) is 12.0. The van der Waals surface area contributed by atoms with Gasteiger partial charge in [-0.25, -0.2) is 4.98 Å². The molecule has 5 heteroatoms. The zero-order valence-electron chi connectivity index (χ0n) is 12.0. The molecule has 1 amide bonds. The number of amides is 1. The van der Waals surface area contributed by atoms with Crippen LogP contribution in [-0.4, -0.2) is 35.3 Å². The monoisotopic (exact) mass is 278 g/mol. The lowest BCUT2D eigenvalue weighted by molar-refractivity contribution is 0.0842. The van der Waals surface area contributed by atoms with E-state index in [2.05, 4.69) is 16.9 Å². The topological polar surface area (TPSA) is 71.5 Å². The third-order valence-electron chi connectivity index (χ3n) is 3.12. The quantitative estimate of drug-likeness (QED) is 0.711. The molecule has 0 aromatic carbocycles. The lowest BCUT2D eigenvalue weighted by Crippen LogP contribution is -2.35. The second-order valence-corrected chi connectivity index (χ2v) is 4.61. The van der Waals surface area contributed by atoms with E-state index >= 15 is 0 Å². The molecule has 2 atom stereocenters. The van der Waals surface area contributed by atoms with E-state index in [1.54, 1.807) is 18.2 Å². The molecule has 110 valence electrons. The van der Waals surface area contributed by atoms with Crippen LogP contribution in [0.25, 0.3) is 0 Å². The fraction of sp³-hybridized carbons (Fsp3) is 0.467. The lowest BCUT2D eigenvalue weighted by atomic mass is 10.0. The molecule has 0 saturated heterocycles. The molecular formula is C15H22N2O3. The first kappa shape index (κ1) is 16.2. The summed E-state index contributed by atoms with van der Waals surface area (Å²) in [6.45, 7) is 8.00. The predicted octanol–water partition coefficient (Wildman–Crippen LogP) is 1.78. The molecule has 5 nitrogen and oxygen atoms in total. The Bertz CT molecular complexity index is 448. The molecule has 1 aromatic heterocycles. The summed E-state index contributed by atoms with van der Waals surface area (Å²) in [5, 5.41) is 12.5. The number of rotatable bonds is 8. The van der Waals surface area contributed by atoms with Crippen LogP contribution in [0, 0.1) is 5.92 Å².